The summed E-state index contributed by atoms with van der Waals surface area (Å²) in [5.41, 5.74) is 3.22. The fourth-order valence-electron chi connectivity index (χ4n) is 2.85. The van der Waals surface area contributed by atoms with E-state index in [-0.39, 0.29) is 23.8 Å². The van der Waals surface area contributed by atoms with Gasteiger partial charge >= 0.3 is 0 Å². The number of hydroxylamine groups is 2. The molecule has 10 heteroatoms. The molecule has 2 aromatic carbocycles. The number of sulfonamides is 1. The number of carbonyl (C=O) groups excluding carboxylic acids is 2. The van der Waals surface area contributed by atoms with Crippen LogP contribution in [0.25, 0.3) is 11.1 Å². The Morgan fingerprint density at radius 2 is 1.61 bits per heavy atom. The average molecular weight is 450 g/mol. The molecule has 2 rings (SSSR count). The van der Waals surface area contributed by atoms with Gasteiger partial charge in [-0.25, -0.2) is 13.9 Å². The van der Waals surface area contributed by atoms with E-state index in [9.17, 15) is 18.0 Å². The summed E-state index contributed by atoms with van der Waals surface area (Å²) < 4.78 is 27.2. The van der Waals surface area contributed by atoms with Crippen LogP contribution in [0.4, 0.5) is 0 Å². The highest BCUT2D eigenvalue weighted by Crippen LogP contribution is 2.25. The number of hydrogen-bond donors (Lipinski definition) is 3. The van der Waals surface area contributed by atoms with Gasteiger partial charge in [0.05, 0.1) is 11.0 Å². The van der Waals surface area contributed by atoms with Crippen molar-refractivity contribution in [1.82, 2.24) is 15.3 Å². The maximum absolute atomic E-state index is 13.3. The topological polar surface area (TPSA) is 125 Å². The maximum atomic E-state index is 13.3. The van der Waals surface area contributed by atoms with Crippen LogP contribution < -0.4 is 10.8 Å². The highest BCUT2D eigenvalue weighted by molar-refractivity contribution is 7.89. The summed E-state index contributed by atoms with van der Waals surface area (Å²) in [7, 11) is -4.27. The van der Waals surface area contributed by atoms with Gasteiger partial charge in [0.25, 0.3) is 15.9 Å². The summed E-state index contributed by atoms with van der Waals surface area (Å²) in [4.78, 5) is 28.8. The highest BCUT2D eigenvalue weighted by atomic mass is 32.2. The van der Waals surface area contributed by atoms with Gasteiger partial charge in [0.15, 0.2) is 0 Å². The summed E-state index contributed by atoms with van der Waals surface area (Å²) in [5, 5.41) is 11.6. The molecule has 0 aliphatic carbocycles. The molecule has 1 atom stereocenters. The Kier molecular flexibility index (Phi) is 8.69. The fraction of sp³-hybridized carbons (Fsp3) is 0.333. The molecule has 168 valence electrons. The second-order valence-electron chi connectivity index (χ2n) is 7.07. The van der Waals surface area contributed by atoms with E-state index in [1.54, 1.807) is 26.0 Å². The van der Waals surface area contributed by atoms with Crippen molar-refractivity contribution in [3.63, 3.8) is 0 Å². The second-order valence-corrected chi connectivity index (χ2v) is 8.85. The molecule has 0 heterocycles. The monoisotopic (exact) mass is 449 g/mol. The maximum Gasteiger partial charge on any atom is 0.265 e. The molecule has 0 radical (unpaired) electrons. The molecular formula is C21H27N3O6S. The molecule has 9 nitrogen and oxygen atoms in total. The van der Waals surface area contributed by atoms with Crippen molar-refractivity contribution in [3.05, 3.63) is 54.6 Å². The van der Waals surface area contributed by atoms with Gasteiger partial charge in [0.1, 0.15) is 6.04 Å². The third kappa shape index (κ3) is 6.59. The average Bonchev–Trinajstić information content (AvgIpc) is 2.75. The molecule has 0 saturated heterocycles. The molecule has 0 fully saturated rings. The van der Waals surface area contributed by atoms with E-state index in [1.807, 2.05) is 30.3 Å². The van der Waals surface area contributed by atoms with Gasteiger partial charge in [-0.05, 0) is 43.5 Å². The zero-order chi connectivity index (χ0) is 23.0. The van der Waals surface area contributed by atoms with Gasteiger partial charge < -0.3 is 5.32 Å². The van der Waals surface area contributed by atoms with Crippen LogP contribution in [-0.2, 0) is 24.4 Å². The summed E-state index contributed by atoms with van der Waals surface area (Å²) in [6, 6.07) is 14.2. The third-order valence-electron chi connectivity index (χ3n) is 4.27. The van der Waals surface area contributed by atoms with Gasteiger partial charge in [-0.3, -0.25) is 19.6 Å². The van der Waals surface area contributed by atoms with Gasteiger partial charge in [-0.1, -0.05) is 46.9 Å². The number of amides is 2. The molecule has 0 saturated carbocycles. The van der Waals surface area contributed by atoms with Crippen molar-refractivity contribution in [2.24, 2.45) is 0 Å². The summed E-state index contributed by atoms with van der Waals surface area (Å²) in [5.74, 6) is -1.31. The molecule has 0 aliphatic heterocycles. The number of hydrogen-bond acceptors (Lipinski definition) is 6. The Morgan fingerprint density at radius 3 is 2.13 bits per heavy atom. The number of carbonyl (C=O) groups is 2. The van der Waals surface area contributed by atoms with Crippen LogP contribution in [0.2, 0.25) is 0 Å². The SMILES string of the molecule is CC(=O)NCCC(C(=O)NO)N(OC(C)C)S(=O)(=O)c1ccc(-c2ccccc2)cc1. The van der Waals surface area contributed by atoms with Gasteiger partial charge in [0, 0.05) is 13.5 Å². The zero-order valence-electron chi connectivity index (χ0n) is 17.6. The summed E-state index contributed by atoms with van der Waals surface area (Å²) in [6.45, 7) is 4.54. The van der Waals surface area contributed by atoms with Gasteiger partial charge in [-0.15, -0.1) is 0 Å². The minimum atomic E-state index is -4.27. The molecule has 0 aliphatic rings. The normalized spacial score (nSPS) is 12.6. The first-order valence-electron chi connectivity index (χ1n) is 9.72. The lowest BCUT2D eigenvalue weighted by Gasteiger charge is -2.30. The number of benzene rings is 2. The van der Waals surface area contributed by atoms with E-state index < -0.39 is 28.1 Å². The Labute approximate surface area is 182 Å². The fourth-order valence-corrected chi connectivity index (χ4v) is 4.36. The predicted molar refractivity (Wildman–Crippen MR) is 114 cm³/mol. The van der Waals surface area contributed by atoms with E-state index in [0.717, 1.165) is 11.1 Å². The lowest BCUT2D eigenvalue weighted by molar-refractivity contribution is -0.166. The van der Waals surface area contributed by atoms with Crippen LogP contribution in [0.3, 0.4) is 0 Å². The Morgan fingerprint density at radius 1 is 1.03 bits per heavy atom. The minimum absolute atomic E-state index is 0.00778. The van der Waals surface area contributed by atoms with Crippen LogP contribution in [0.5, 0.6) is 0 Å². The molecule has 31 heavy (non-hydrogen) atoms. The molecule has 3 N–H and O–H groups in total. The Balaban J connectivity index is 2.39. The largest absolute Gasteiger partial charge is 0.356 e. The number of nitrogens with one attached hydrogen (secondary N) is 2. The molecule has 0 spiro atoms. The van der Waals surface area contributed by atoms with E-state index in [0.29, 0.717) is 4.47 Å². The first-order chi connectivity index (χ1) is 14.7. The first kappa shape index (κ1) is 24.5. The van der Waals surface area contributed by atoms with E-state index >= 15 is 0 Å². The molecule has 2 amide bonds. The smallest absolute Gasteiger partial charge is 0.265 e. The highest BCUT2D eigenvalue weighted by Gasteiger charge is 2.38. The molecule has 0 aromatic heterocycles. The summed E-state index contributed by atoms with van der Waals surface area (Å²) in [6.07, 6.45) is -0.687. The van der Waals surface area contributed by atoms with Gasteiger partial charge in [-0.2, -0.15) is 0 Å². The van der Waals surface area contributed by atoms with Crippen molar-refractivity contribution >= 4 is 21.8 Å². The van der Waals surface area contributed by atoms with Crippen molar-refractivity contribution in [3.8, 4) is 11.1 Å². The second kappa shape index (κ2) is 11.0. The standard InChI is InChI=1S/C21H27N3O6S/c1-15(2)30-24(20(21(26)23-27)13-14-22-16(3)25)31(28,29)19-11-9-18(10-12-19)17-7-5-4-6-8-17/h4-12,15,20,27H,13-14H2,1-3H3,(H,22,25)(H,23,26). The first-order valence-corrected chi connectivity index (χ1v) is 11.2. The van der Waals surface area contributed by atoms with Crippen molar-refractivity contribution < 1.29 is 28.1 Å². The van der Waals surface area contributed by atoms with E-state index in [2.05, 4.69) is 5.32 Å². The number of rotatable bonds is 10. The Hall–Kier alpha value is -2.79. The molecule has 2 aromatic rings. The Bertz CT molecular complexity index is 978. The van der Waals surface area contributed by atoms with Crippen molar-refractivity contribution in [1.29, 1.82) is 0 Å². The van der Waals surface area contributed by atoms with E-state index in [1.165, 1.54) is 24.5 Å². The van der Waals surface area contributed by atoms with Gasteiger partial charge in [0.2, 0.25) is 5.91 Å². The van der Waals surface area contributed by atoms with Crippen LogP contribution in [0.15, 0.2) is 59.5 Å². The molecule has 0 bridgehead atoms. The summed E-state index contributed by atoms with van der Waals surface area (Å²) >= 11 is 0. The third-order valence-corrected chi connectivity index (χ3v) is 5.95. The lowest BCUT2D eigenvalue weighted by atomic mass is 10.1. The molecule has 1 unspecified atom stereocenters. The van der Waals surface area contributed by atoms with Crippen LogP contribution in [-0.4, -0.2) is 48.6 Å². The lowest BCUT2D eigenvalue weighted by Crippen LogP contribution is -2.50. The molecular weight excluding hydrogens is 422 g/mol. The van der Waals surface area contributed by atoms with Crippen molar-refractivity contribution in [2.75, 3.05) is 6.54 Å². The predicted octanol–water partition coefficient (Wildman–Crippen LogP) is 2.08. The minimum Gasteiger partial charge on any atom is -0.356 e. The number of nitrogens with zero attached hydrogens (tertiary/aromatic N) is 1. The zero-order valence-corrected chi connectivity index (χ0v) is 18.4. The van der Waals surface area contributed by atoms with Crippen LogP contribution >= 0.6 is 0 Å². The quantitative estimate of drug-likeness (QED) is 0.377. The van der Waals surface area contributed by atoms with E-state index in [4.69, 9.17) is 10.0 Å². The van der Waals surface area contributed by atoms with Crippen molar-refractivity contribution in [2.45, 2.75) is 44.2 Å². The van der Waals surface area contributed by atoms with Crippen LogP contribution in [0.1, 0.15) is 27.2 Å². The van der Waals surface area contributed by atoms with Crippen LogP contribution in [0, 0.1) is 0 Å².